The molecule has 0 bridgehead atoms. The third kappa shape index (κ3) is 5.06. The fourth-order valence-corrected chi connectivity index (χ4v) is 1.20. The van der Waals surface area contributed by atoms with Crippen molar-refractivity contribution in [2.75, 3.05) is 19.8 Å². The van der Waals surface area contributed by atoms with Crippen molar-refractivity contribution in [2.45, 2.75) is 20.0 Å². The Morgan fingerprint density at radius 1 is 1.24 bits per heavy atom. The second-order valence-corrected chi connectivity index (χ2v) is 4.23. The molecule has 3 N–H and O–H groups in total. The maximum Gasteiger partial charge on any atom is 0.123 e. The lowest BCUT2D eigenvalue weighted by Crippen LogP contribution is -2.23. The second-order valence-electron chi connectivity index (χ2n) is 4.23. The molecule has 0 heterocycles. The maximum atomic E-state index is 9.63. The molecule has 0 aliphatic rings. The highest BCUT2D eigenvalue weighted by molar-refractivity contribution is 5.32. The molecule has 0 saturated heterocycles. The highest BCUT2D eigenvalue weighted by atomic mass is 16.5. The first kappa shape index (κ1) is 13.8. The van der Waals surface area contributed by atoms with Crippen LogP contribution in [0, 0.1) is 5.92 Å². The van der Waals surface area contributed by atoms with Gasteiger partial charge < -0.3 is 20.3 Å². The minimum absolute atomic E-state index is 0.187. The van der Waals surface area contributed by atoms with E-state index in [0.29, 0.717) is 18.9 Å². The van der Waals surface area contributed by atoms with Gasteiger partial charge in [0, 0.05) is 12.6 Å². The van der Waals surface area contributed by atoms with Crippen LogP contribution in [0.1, 0.15) is 13.8 Å². The van der Waals surface area contributed by atoms with E-state index < -0.39 is 6.10 Å². The summed E-state index contributed by atoms with van der Waals surface area (Å²) in [5, 5.41) is 9.63. The summed E-state index contributed by atoms with van der Waals surface area (Å²) < 4.78 is 10.9. The minimum atomic E-state index is -0.455. The predicted octanol–water partition coefficient (Wildman–Crippen LogP) is 1.42. The molecule has 0 aromatic heterocycles. The van der Waals surface area contributed by atoms with Crippen molar-refractivity contribution in [3.8, 4) is 11.5 Å². The quantitative estimate of drug-likeness (QED) is 0.755. The van der Waals surface area contributed by atoms with Gasteiger partial charge in [0.2, 0.25) is 0 Å². The van der Waals surface area contributed by atoms with E-state index in [0.717, 1.165) is 5.75 Å². The Labute approximate surface area is 102 Å². The molecular weight excluding hydrogens is 218 g/mol. The zero-order chi connectivity index (χ0) is 12.7. The maximum absolute atomic E-state index is 9.63. The smallest absolute Gasteiger partial charge is 0.123 e. The van der Waals surface area contributed by atoms with Crippen LogP contribution in [-0.2, 0) is 0 Å². The average Bonchev–Trinajstić information content (AvgIpc) is 2.33. The second kappa shape index (κ2) is 7.14. The van der Waals surface area contributed by atoms with Crippen LogP contribution < -0.4 is 15.2 Å². The molecule has 0 radical (unpaired) electrons. The molecule has 1 aromatic rings. The molecule has 0 amide bonds. The van der Waals surface area contributed by atoms with Gasteiger partial charge in [0.1, 0.15) is 24.7 Å². The van der Waals surface area contributed by atoms with Gasteiger partial charge in [-0.15, -0.1) is 0 Å². The molecule has 1 atom stereocenters. The Hall–Kier alpha value is -1.26. The van der Waals surface area contributed by atoms with Crippen LogP contribution in [0.5, 0.6) is 11.5 Å². The molecule has 17 heavy (non-hydrogen) atoms. The predicted molar refractivity (Wildman–Crippen MR) is 67.3 cm³/mol. The van der Waals surface area contributed by atoms with Gasteiger partial charge in [-0.1, -0.05) is 19.9 Å². The number of benzene rings is 1. The number of rotatable bonds is 7. The minimum Gasteiger partial charge on any atom is -0.492 e. The highest BCUT2D eigenvalue weighted by Crippen LogP contribution is 2.19. The van der Waals surface area contributed by atoms with E-state index >= 15 is 0 Å². The van der Waals surface area contributed by atoms with Gasteiger partial charge in [0.15, 0.2) is 0 Å². The van der Waals surface area contributed by atoms with E-state index in [1.165, 1.54) is 0 Å². The van der Waals surface area contributed by atoms with E-state index in [1.54, 1.807) is 6.07 Å². The van der Waals surface area contributed by atoms with Crippen molar-refractivity contribution >= 4 is 0 Å². The number of ether oxygens (including phenoxy) is 2. The van der Waals surface area contributed by atoms with Crippen LogP contribution in [0.2, 0.25) is 0 Å². The first-order chi connectivity index (χ1) is 8.13. The molecule has 0 fully saturated rings. The Bertz CT molecular complexity index is 328. The van der Waals surface area contributed by atoms with E-state index in [9.17, 15) is 5.11 Å². The molecule has 0 saturated carbocycles. The molecule has 0 aliphatic heterocycles. The molecule has 4 heteroatoms. The summed E-state index contributed by atoms with van der Waals surface area (Å²) in [4.78, 5) is 0. The van der Waals surface area contributed by atoms with Crippen molar-refractivity contribution < 1.29 is 14.6 Å². The lowest BCUT2D eigenvalue weighted by molar-refractivity contribution is 0.0700. The summed E-state index contributed by atoms with van der Waals surface area (Å²) in [7, 11) is 0. The fraction of sp³-hybridized carbons (Fsp3) is 0.538. The summed E-state index contributed by atoms with van der Waals surface area (Å²) in [6.07, 6.45) is -0.455. The lowest BCUT2D eigenvalue weighted by Gasteiger charge is -2.15. The first-order valence-corrected chi connectivity index (χ1v) is 5.87. The third-order valence-electron chi connectivity index (χ3n) is 2.38. The van der Waals surface area contributed by atoms with Crippen LogP contribution in [-0.4, -0.2) is 31.0 Å². The summed E-state index contributed by atoms with van der Waals surface area (Å²) in [5.74, 6) is 1.61. The standard InChI is InChI=1S/C13H21NO3/c1-10(2)13(15)9-17-12-5-3-4-11(8-12)16-7-6-14/h3-5,8,10,13,15H,6-7,9,14H2,1-2H3. The van der Waals surface area contributed by atoms with Crippen LogP contribution >= 0.6 is 0 Å². The Morgan fingerprint density at radius 2 is 1.88 bits per heavy atom. The topological polar surface area (TPSA) is 64.7 Å². The molecule has 1 rings (SSSR count). The van der Waals surface area contributed by atoms with Gasteiger partial charge in [0.05, 0.1) is 6.10 Å². The van der Waals surface area contributed by atoms with Crippen molar-refractivity contribution in [3.05, 3.63) is 24.3 Å². The normalized spacial score (nSPS) is 12.5. The van der Waals surface area contributed by atoms with Gasteiger partial charge in [-0.25, -0.2) is 0 Å². The molecule has 0 spiro atoms. The van der Waals surface area contributed by atoms with Crippen molar-refractivity contribution in [1.29, 1.82) is 0 Å². The Morgan fingerprint density at radius 3 is 2.47 bits per heavy atom. The number of aliphatic hydroxyl groups is 1. The Kier molecular flexibility index (Phi) is 5.80. The highest BCUT2D eigenvalue weighted by Gasteiger charge is 2.09. The lowest BCUT2D eigenvalue weighted by atomic mass is 10.1. The fourth-order valence-electron chi connectivity index (χ4n) is 1.20. The van der Waals surface area contributed by atoms with Gasteiger partial charge in [-0.2, -0.15) is 0 Å². The molecule has 1 aromatic carbocycles. The van der Waals surface area contributed by atoms with E-state index in [1.807, 2.05) is 32.0 Å². The van der Waals surface area contributed by atoms with Crippen LogP contribution in [0.25, 0.3) is 0 Å². The number of aliphatic hydroxyl groups excluding tert-OH is 1. The van der Waals surface area contributed by atoms with Gasteiger partial charge in [0.25, 0.3) is 0 Å². The summed E-state index contributed by atoms with van der Waals surface area (Å²) in [6.45, 7) is 5.16. The Balaban J connectivity index is 2.48. The van der Waals surface area contributed by atoms with Crippen molar-refractivity contribution in [1.82, 2.24) is 0 Å². The zero-order valence-electron chi connectivity index (χ0n) is 10.4. The van der Waals surface area contributed by atoms with E-state index in [-0.39, 0.29) is 12.5 Å². The van der Waals surface area contributed by atoms with Crippen LogP contribution in [0.15, 0.2) is 24.3 Å². The SMILES string of the molecule is CC(C)C(O)COc1cccc(OCCN)c1. The average molecular weight is 239 g/mol. The summed E-state index contributed by atoms with van der Waals surface area (Å²) in [6, 6.07) is 7.33. The summed E-state index contributed by atoms with van der Waals surface area (Å²) in [5.41, 5.74) is 5.36. The molecule has 1 unspecified atom stereocenters. The van der Waals surface area contributed by atoms with Gasteiger partial charge >= 0.3 is 0 Å². The van der Waals surface area contributed by atoms with E-state index in [2.05, 4.69) is 0 Å². The number of nitrogens with two attached hydrogens (primary N) is 1. The largest absolute Gasteiger partial charge is 0.492 e. The van der Waals surface area contributed by atoms with Crippen LogP contribution in [0.4, 0.5) is 0 Å². The summed E-state index contributed by atoms with van der Waals surface area (Å²) >= 11 is 0. The van der Waals surface area contributed by atoms with Crippen LogP contribution in [0.3, 0.4) is 0 Å². The molecular formula is C13H21NO3. The van der Waals surface area contributed by atoms with Crippen molar-refractivity contribution in [3.63, 3.8) is 0 Å². The third-order valence-corrected chi connectivity index (χ3v) is 2.38. The van der Waals surface area contributed by atoms with Gasteiger partial charge in [-0.05, 0) is 18.1 Å². The molecule has 96 valence electrons. The van der Waals surface area contributed by atoms with Crippen molar-refractivity contribution in [2.24, 2.45) is 11.7 Å². The van der Waals surface area contributed by atoms with E-state index in [4.69, 9.17) is 15.2 Å². The molecule has 4 nitrogen and oxygen atoms in total. The molecule has 0 aliphatic carbocycles. The zero-order valence-corrected chi connectivity index (χ0v) is 10.4. The first-order valence-electron chi connectivity index (χ1n) is 5.87. The number of hydrogen-bond donors (Lipinski definition) is 2. The number of hydrogen-bond acceptors (Lipinski definition) is 4. The van der Waals surface area contributed by atoms with Gasteiger partial charge in [-0.3, -0.25) is 0 Å². The monoisotopic (exact) mass is 239 g/mol.